The van der Waals surface area contributed by atoms with Gasteiger partial charge in [-0.1, -0.05) is 13.8 Å². The molecule has 0 bridgehead atoms. The number of aromatic nitrogens is 2. The topological polar surface area (TPSA) is 59.1 Å². The highest BCUT2D eigenvalue weighted by molar-refractivity contribution is 5.47. The van der Waals surface area contributed by atoms with Gasteiger partial charge in [0.25, 0.3) is 0 Å². The van der Waals surface area contributed by atoms with Crippen LogP contribution in [-0.2, 0) is 4.74 Å². The zero-order valence-corrected chi connectivity index (χ0v) is 12.1. The second-order valence-corrected chi connectivity index (χ2v) is 5.42. The number of hydrogen-bond donors (Lipinski definition) is 2. The second-order valence-electron chi connectivity index (χ2n) is 5.42. The summed E-state index contributed by atoms with van der Waals surface area (Å²) in [6.07, 6.45) is 2.42. The summed E-state index contributed by atoms with van der Waals surface area (Å²) in [6.45, 7) is 6.59. The fourth-order valence-corrected chi connectivity index (χ4v) is 1.78. The van der Waals surface area contributed by atoms with Crippen molar-refractivity contribution in [2.24, 2.45) is 5.92 Å². The van der Waals surface area contributed by atoms with Crippen LogP contribution in [0.1, 0.15) is 38.4 Å². The van der Waals surface area contributed by atoms with E-state index in [0.29, 0.717) is 18.4 Å². The van der Waals surface area contributed by atoms with Crippen LogP contribution >= 0.6 is 0 Å². The Morgan fingerprint density at radius 3 is 2.68 bits per heavy atom. The first-order valence-electron chi connectivity index (χ1n) is 7.07. The van der Waals surface area contributed by atoms with E-state index in [-0.39, 0.29) is 0 Å². The molecule has 0 saturated heterocycles. The molecule has 1 aliphatic carbocycles. The van der Waals surface area contributed by atoms with Crippen LogP contribution < -0.4 is 10.6 Å². The van der Waals surface area contributed by atoms with Gasteiger partial charge in [-0.3, -0.25) is 0 Å². The molecule has 0 aromatic carbocycles. The zero-order valence-electron chi connectivity index (χ0n) is 12.1. The third-order valence-electron chi connectivity index (χ3n) is 2.95. The van der Waals surface area contributed by atoms with Crippen molar-refractivity contribution < 1.29 is 4.74 Å². The van der Waals surface area contributed by atoms with E-state index in [1.54, 1.807) is 0 Å². The second kappa shape index (κ2) is 6.70. The number of anilines is 2. The van der Waals surface area contributed by atoms with Gasteiger partial charge in [0.2, 0.25) is 0 Å². The molecule has 0 radical (unpaired) electrons. The minimum atomic E-state index is 0.561. The molecule has 1 heterocycles. The number of ether oxygens (including phenoxy) is 1. The molecule has 0 unspecified atom stereocenters. The third-order valence-corrected chi connectivity index (χ3v) is 2.95. The summed E-state index contributed by atoms with van der Waals surface area (Å²) in [5.74, 6) is 3.86. The van der Waals surface area contributed by atoms with E-state index in [4.69, 9.17) is 4.74 Å². The normalized spacial score (nSPS) is 14.7. The first-order valence-corrected chi connectivity index (χ1v) is 7.07. The van der Waals surface area contributed by atoms with Crippen molar-refractivity contribution in [3.05, 3.63) is 11.9 Å². The van der Waals surface area contributed by atoms with Crippen LogP contribution in [-0.4, -0.2) is 36.8 Å². The van der Waals surface area contributed by atoms with E-state index in [1.165, 1.54) is 12.8 Å². The predicted molar refractivity (Wildman–Crippen MR) is 77.7 cm³/mol. The Hall–Kier alpha value is -1.36. The molecule has 2 N–H and O–H groups in total. The fraction of sp³-hybridized carbons (Fsp3) is 0.714. The van der Waals surface area contributed by atoms with Crippen molar-refractivity contribution in [1.82, 2.24) is 9.97 Å². The SMILES string of the molecule is CNc1cc(NCCOCC(C)C)nc(C2CC2)n1. The lowest BCUT2D eigenvalue weighted by Crippen LogP contribution is -2.13. The molecule has 0 atom stereocenters. The third kappa shape index (κ3) is 4.67. The predicted octanol–water partition coefficient (Wildman–Crippen LogP) is 2.48. The van der Waals surface area contributed by atoms with E-state index in [9.17, 15) is 0 Å². The number of nitrogens with zero attached hydrogens (tertiary/aromatic N) is 2. The Bertz CT molecular complexity index is 404. The Labute approximate surface area is 115 Å². The first kappa shape index (κ1) is 14.1. The van der Waals surface area contributed by atoms with Crippen LogP contribution in [0.2, 0.25) is 0 Å². The van der Waals surface area contributed by atoms with Crippen molar-refractivity contribution >= 4 is 11.6 Å². The van der Waals surface area contributed by atoms with Crippen LogP contribution in [0.4, 0.5) is 11.6 Å². The average molecular weight is 264 g/mol. The van der Waals surface area contributed by atoms with Crippen molar-refractivity contribution in [2.45, 2.75) is 32.6 Å². The molecule has 19 heavy (non-hydrogen) atoms. The van der Waals surface area contributed by atoms with Crippen molar-refractivity contribution in [1.29, 1.82) is 0 Å². The van der Waals surface area contributed by atoms with E-state index in [0.717, 1.165) is 30.6 Å². The van der Waals surface area contributed by atoms with Gasteiger partial charge in [0.05, 0.1) is 6.61 Å². The van der Waals surface area contributed by atoms with E-state index >= 15 is 0 Å². The fourth-order valence-electron chi connectivity index (χ4n) is 1.78. The molecule has 106 valence electrons. The van der Waals surface area contributed by atoms with Gasteiger partial charge in [-0.05, 0) is 18.8 Å². The molecule has 1 fully saturated rings. The molecule has 1 aromatic rings. The largest absolute Gasteiger partial charge is 0.379 e. The number of hydrogen-bond acceptors (Lipinski definition) is 5. The van der Waals surface area contributed by atoms with Gasteiger partial charge in [0.1, 0.15) is 17.5 Å². The summed E-state index contributed by atoms with van der Waals surface area (Å²) in [4.78, 5) is 9.05. The molecule has 0 aliphatic heterocycles. The van der Waals surface area contributed by atoms with Crippen LogP contribution in [0.5, 0.6) is 0 Å². The summed E-state index contributed by atoms with van der Waals surface area (Å²) in [5, 5.41) is 6.38. The number of rotatable bonds is 8. The Kier molecular flexibility index (Phi) is 4.96. The quantitative estimate of drug-likeness (QED) is 0.706. The lowest BCUT2D eigenvalue weighted by atomic mass is 10.2. The van der Waals surface area contributed by atoms with Crippen molar-refractivity contribution in [2.75, 3.05) is 37.4 Å². The van der Waals surface area contributed by atoms with Crippen LogP contribution in [0, 0.1) is 5.92 Å². The number of nitrogens with one attached hydrogen (secondary N) is 2. The maximum absolute atomic E-state index is 5.54. The van der Waals surface area contributed by atoms with Gasteiger partial charge in [-0.25, -0.2) is 9.97 Å². The van der Waals surface area contributed by atoms with Crippen molar-refractivity contribution in [3.8, 4) is 0 Å². The molecule has 0 spiro atoms. The molecule has 1 aliphatic rings. The molecular weight excluding hydrogens is 240 g/mol. The van der Waals surface area contributed by atoms with Crippen LogP contribution in [0.3, 0.4) is 0 Å². The Morgan fingerprint density at radius 1 is 1.32 bits per heavy atom. The van der Waals surface area contributed by atoms with Gasteiger partial charge in [0, 0.05) is 32.2 Å². The summed E-state index contributed by atoms with van der Waals surface area (Å²) in [7, 11) is 1.88. The summed E-state index contributed by atoms with van der Waals surface area (Å²) < 4.78 is 5.54. The van der Waals surface area contributed by atoms with Gasteiger partial charge < -0.3 is 15.4 Å². The lowest BCUT2D eigenvalue weighted by molar-refractivity contribution is 0.118. The average Bonchev–Trinajstić information content (AvgIpc) is 3.22. The molecule has 2 rings (SSSR count). The summed E-state index contributed by atoms with van der Waals surface area (Å²) in [6, 6.07) is 1.94. The Balaban J connectivity index is 1.83. The highest BCUT2D eigenvalue weighted by atomic mass is 16.5. The molecule has 1 saturated carbocycles. The first-order chi connectivity index (χ1) is 9.19. The Morgan fingerprint density at radius 2 is 2.05 bits per heavy atom. The molecule has 1 aromatic heterocycles. The highest BCUT2D eigenvalue weighted by Crippen LogP contribution is 2.38. The van der Waals surface area contributed by atoms with E-state index in [1.807, 2.05) is 13.1 Å². The lowest BCUT2D eigenvalue weighted by Gasteiger charge is -2.10. The smallest absolute Gasteiger partial charge is 0.136 e. The van der Waals surface area contributed by atoms with Crippen LogP contribution in [0.15, 0.2) is 6.07 Å². The standard InChI is InChI=1S/C14H24N4O/c1-10(2)9-19-7-6-16-13-8-12(15-3)17-14(18-13)11-4-5-11/h8,10-11H,4-7,9H2,1-3H3,(H2,15,16,17,18). The molecular formula is C14H24N4O. The highest BCUT2D eigenvalue weighted by Gasteiger charge is 2.27. The molecule has 5 heteroatoms. The van der Waals surface area contributed by atoms with Crippen LogP contribution in [0.25, 0.3) is 0 Å². The van der Waals surface area contributed by atoms with Gasteiger partial charge in [0.15, 0.2) is 0 Å². The molecule has 5 nitrogen and oxygen atoms in total. The summed E-state index contributed by atoms with van der Waals surface area (Å²) in [5.41, 5.74) is 0. The zero-order chi connectivity index (χ0) is 13.7. The van der Waals surface area contributed by atoms with Gasteiger partial charge in [-0.2, -0.15) is 0 Å². The minimum absolute atomic E-state index is 0.561. The van der Waals surface area contributed by atoms with E-state index in [2.05, 4.69) is 34.4 Å². The maximum atomic E-state index is 5.54. The van der Waals surface area contributed by atoms with Crippen molar-refractivity contribution in [3.63, 3.8) is 0 Å². The van der Waals surface area contributed by atoms with Gasteiger partial charge in [-0.15, -0.1) is 0 Å². The maximum Gasteiger partial charge on any atom is 0.136 e. The minimum Gasteiger partial charge on any atom is -0.379 e. The monoisotopic (exact) mass is 264 g/mol. The van der Waals surface area contributed by atoms with Gasteiger partial charge >= 0.3 is 0 Å². The molecule has 0 amide bonds. The van der Waals surface area contributed by atoms with E-state index < -0.39 is 0 Å². The summed E-state index contributed by atoms with van der Waals surface area (Å²) >= 11 is 0.